The molecule has 2 saturated heterocycles. The highest BCUT2D eigenvalue weighted by Gasteiger charge is 2.44. The van der Waals surface area contributed by atoms with Gasteiger partial charge in [-0.25, -0.2) is 0 Å². The van der Waals surface area contributed by atoms with Crippen LogP contribution in [0.15, 0.2) is 18.2 Å². The summed E-state index contributed by atoms with van der Waals surface area (Å²) in [5.41, 5.74) is 4.76. The quantitative estimate of drug-likeness (QED) is 0.915. The third-order valence-corrected chi connectivity index (χ3v) is 5.19. The van der Waals surface area contributed by atoms with Gasteiger partial charge in [-0.2, -0.15) is 0 Å². The molecule has 4 nitrogen and oxygen atoms in total. The van der Waals surface area contributed by atoms with Crippen LogP contribution < -0.4 is 5.32 Å². The van der Waals surface area contributed by atoms with Gasteiger partial charge in [0.15, 0.2) is 0 Å². The molecule has 22 heavy (non-hydrogen) atoms. The first kappa shape index (κ1) is 13.8. The largest absolute Gasteiger partial charge is 0.374 e. The predicted octanol–water partition coefficient (Wildman–Crippen LogP) is 2.97. The molecule has 1 aromatic heterocycles. The number of hydrogen-bond acceptors (Lipinski definition) is 2. The topological polar surface area (TPSA) is 54.1 Å². The Hall–Kier alpha value is -1.81. The fraction of sp³-hybridized carbons (Fsp3) is 0.500. The van der Waals surface area contributed by atoms with Crippen LogP contribution in [0.1, 0.15) is 36.1 Å². The van der Waals surface area contributed by atoms with Crippen LogP contribution in [0.3, 0.4) is 0 Å². The van der Waals surface area contributed by atoms with E-state index in [0.717, 1.165) is 30.5 Å². The molecule has 2 aliphatic rings. The van der Waals surface area contributed by atoms with Crippen molar-refractivity contribution in [3.63, 3.8) is 0 Å². The maximum Gasteiger partial charge on any atom is 0.226 e. The third-order valence-electron chi connectivity index (χ3n) is 5.19. The van der Waals surface area contributed by atoms with Crippen molar-refractivity contribution in [3.05, 3.63) is 35.0 Å². The first-order valence-electron chi connectivity index (χ1n) is 8.12. The van der Waals surface area contributed by atoms with Gasteiger partial charge < -0.3 is 15.0 Å². The summed E-state index contributed by atoms with van der Waals surface area (Å²) in [6, 6.07) is 6.48. The zero-order valence-electron chi connectivity index (χ0n) is 13.1. The number of benzene rings is 1. The highest BCUT2D eigenvalue weighted by atomic mass is 16.5. The van der Waals surface area contributed by atoms with Gasteiger partial charge >= 0.3 is 0 Å². The summed E-state index contributed by atoms with van der Waals surface area (Å²) in [6.07, 6.45) is 3.52. The van der Waals surface area contributed by atoms with E-state index in [9.17, 15) is 4.79 Å². The second-order valence-corrected chi connectivity index (χ2v) is 6.75. The van der Waals surface area contributed by atoms with E-state index in [1.165, 1.54) is 16.5 Å². The van der Waals surface area contributed by atoms with Crippen LogP contribution >= 0.6 is 0 Å². The number of rotatable bonds is 3. The van der Waals surface area contributed by atoms with Crippen LogP contribution in [0.5, 0.6) is 0 Å². The number of aromatic nitrogens is 1. The fourth-order valence-electron chi connectivity index (χ4n) is 3.79. The van der Waals surface area contributed by atoms with E-state index in [-0.39, 0.29) is 17.9 Å². The molecule has 0 saturated carbocycles. The maximum absolute atomic E-state index is 12.3. The highest BCUT2D eigenvalue weighted by molar-refractivity contribution is 5.83. The summed E-state index contributed by atoms with van der Waals surface area (Å²) in [5, 5.41) is 4.27. The molecule has 4 rings (SSSR count). The van der Waals surface area contributed by atoms with Crippen LogP contribution in [0.2, 0.25) is 0 Å². The van der Waals surface area contributed by atoms with Gasteiger partial charge in [0, 0.05) is 11.2 Å². The minimum absolute atomic E-state index is 0.0487. The summed E-state index contributed by atoms with van der Waals surface area (Å²) >= 11 is 0. The predicted molar refractivity (Wildman–Crippen MR) is 85.6 cm³/mol. The summed E-state index contributed by atoms with van der Waals surface area (Å²) in [5.74, 6) is 0.186. The molecule has 0 aliphatic carbocycles. The number of aryl methyl sites for hydroxylation is 2. The Morgan fingerprint density at radius 2 is 2.09 bits per heavy atom. The van der Waals surface area contributed by atoms with Gasteiger partial charge in [-0.05, 0) is 67.8 Å². The van der Waals surface area contributed by atoms with E-state index in [1.54, 1.807) is 0 Å². The molecule has 1 aromatic carbocycles. The van der Waals surface area contributed by atoms with E-state index in [4.69, 9.17) is 4.74 Å². The van der Waals surface area contributed by atoms with Gasteiger partial charge in [-0.1, -0.05) is 0 Å². The molecule has 2 fully saturated rings. The first-order chi connectivity index (χ1) is 10.6. The molecule has 3 atom stereocenters. The zero-order valence-corrected chi connectivity index (χ0v) is 13.1. The summed E-state index contributed by atoms with van der Waals surface area (Å²) in [7, 11) is 0. The minimum atomic E-state index is 0.0487. The number of carbonyl (C=O) groups excluding carboxylic acids is 1. The Morgan fingerprint density at radius 3 is 2.82 bits per heavy atom. The molecule has 4 heteroatoms. The van der Waals surface area contributed by atoms with Gasteiger partial charge in [0.25, 0.3) is 0 Å². The van der Waals surface area contributed by atoms with Gasteiger partial charge in [-0.3, -0.25) is 4.79 Å². The molecule has 0 spiro atoms. The summed E-state index contributed by atoms with van der Waals surface area (Å²) in [4.78, 5) is 15.7. The van der Waals surface area contributed by atoms with E-state index in [1.807, 2.05) is 0 Å². The van der Waals surface area contributed by atoms with Crippen LogP contribution in [-0.2, 0) is 16.1 Å². The maximum atomic E-state index is 12.3. The lowest BCUT2D eigenvalue weighted by atomic mass is 9.88. The number of amides is 1. The van der Waals surface area contributed by atoms with Gasteiger partial charge in [0.2, 0.25) is 5.91 Å². The van der Waals surface area contributed by atoms with Gasteiger partial charge in [-0.15, -0.1) is 0 Å². The Kier molecular flexibility index (Phi) is 3.22. The lowest BCUT2D eigenvalue weighted by molar-refractivity contribution is -0.126. The van der Waals surface area contributed by atoms with Crippen molar-refractivity contribution in [2.45, 2.75) is 51.9 Å². The van der Waals surface area contributed by atoms with Crippen molar-refractivity contribution in [1.82, 2.24) is 10.3 Å². The molecule has 2 N–H and O–H groups in total. The Balaban J connectivity index is 1.44. The highest BCUT2D eigenvalue weighted by Crippen LogP contribution is 2.38. The normalized spacial score (nSPS) is 26.7. The van der Waals surface area contributed by atoms with Crippen molar-refractivity contribution in [1.29, 1.82) is 0 Å². The third kappa shape index (κ3) is 2.31. The summed E-state index contributed by atoms with van der Waals surface area (Å²) < 4.78 is 5.76. The van der Waals surface area contributed by atoms with Crippen molar-refractivity contribution in [2.75, 3.05) is 0 Å². The number of aromatic amines is 1. The molecule has 0 radical (unpaired) electrons. The van der Waals surface area contributed by atoms with Gasteiger partial charge in [0.1, 0.15) is 0 Å². The average Bonchev–Trinajstić information content (AvgIpc) is 3.20. The summed E-state index contributed by atoms with van der Waals surface area (Å²) in [6.45, 7) is 4.80. The van der Waals surface area contributed by atoms with Crippen LogP contribution in [0, 0.1) is 19.8 Å². The second-order valence-electron chi connectivity index (χ2n) is 6.75. The van der Waals surface area contributed by atoms with Crippen LogP contribution in [0.25, 0.3) is 10.9 Å². The van der Waals surface area contributed by atoms with E-state index in [2.05, 4.69) is 42.3 Å². The fourth-order valence-corrected chi connectivity index (χ4v) is 3.79. The molecular formula is C18H22N2O2. The number of H-pyrrole nitrogens is 1. The SMILES string of the molecule is Cc1cc2cc(CNC(=O)C3CC4CCC3O4)[nH]c2cc1C. The molecule has 2 aromatic rings. The molecule has 2 bridgehead atoms. The number of carbonyl (C=O) groups is 1. The lowest BCUT2D eigenvalue weighted by Gasteiger charge is -2.17. The van der Waals surface area contributed by atoms with Crippen LogP contribution in [-0.4, -0.2) is 23.1 Å². The Labute approximate surface area is 130 Å². The second kappa shape index (κ2) is 5.13. The number of fused-ring (bicyclic) bond motifs is 3. The Morgan fingerprint density at radius 1 is 1.27 bits per heavy atom. The zero-order chi connectivity index (χ0) is 15.3. The van der Waals surface area contributed by atoms with Crippen molar-refractivity contribution in [2.24, 2.45) is 5.92 Å². The van der Waals surface area contributed by atoms with Crippen molar-refractivity contribution in [3.8, 4) is 0 Å². The molecule has 3 heterocycles. The van der Waals surface area contributed by atoms with Crippen molar-refractivity contribution < 1.29 is 9.53 Å². The molecule has 116 valence electrons. The lowest BCUT2D eigenvalue weighted by Crippen LogP contribution is -2.35. The van der Waals surface area contributed by atoms with E-state index >= 15 is 0 Å². The smallest absolute Gasteiger partial charge is 0.226 e. The first-order valence-corrected chi connectivity index (χ1v) is 8.12. The minimum Gasteiger partial charge on any atom is -0.374 e. The number of hydrogen-bond donors (Lipinski definition) is 2. The van der Waals surface area contributed by atoms with E-state index in [0.29, 0.717) is 12.6 Å². The monoisotopic (exact) mass is 298 g/mol. The molecule has 3 unspecified atom stereocenters. The molecular weight excluding hydrogens is 276 g/mol. The number of nitrogens with one attached hydrogen (secondary N) is 2. The van der Waals surface area contributed by atoms with E-state index < -0.39 is 0 Å². The van der Waals surface area contributed by atoms with Crippen LogP contribution in [0.4, 0.5) is 0 Å². The molecule has 1 amide bonds. The Bertz CT molecular complexity index is 695. The standard InChI is InChI=1S/C18H22N2O2/c1-10-5-12-7-13(20-16(12)6-11(10)2)9-19-18(21)15-8-14-3-4-17(15)22-14/h5-7,14-15,17,20H,3-4,8-9H2,1-2H3,(H,19,21). The van der Waals surface area contributed by atoms with Crippen molar-refractivity contribution >= 4 is 16.8 Å². The number of ether oxygens (including phenoxy) is 1. The average molecular weight is 298 g/mol. The molecule has 2 aliphatic heterocycles. The van der Waals surface area contributed by atoms with Gasteiger partial charge in [0.05, 0.1) is 24.7 Å².